The summed E-state index contributed by atoms with van der Waals surface area (Å²) in [4.78, 5) is 8.22. The molecule has 0 radical (unpaired) electrons. The van der Waals surface area contributed by atoms with E-state index in [0.717, 1.165) is 45.0 Å². The highest BCUT2D eigenvalue weighted by Crippen LogP contribution is 2.19. The van der Waals surface area contributed by atoms with Crippen molar-refractivity contribution in [2.75, 3.05) is 76.0 Å². The van der Waals surface area contributed by atoms with Crippen molar-refractivity contribution in [1.29, 1.82) is 10.8 Å². The Labute approximate surface area is 240 Å². The molecule has 0 fully saturated rings. The average molecular weight is 535 g/mol. The summed E-state index contributed by atoms with van der Waals surface area (Å²) < 4.78 is 0. The second-order valence-electron chi connectivity index (χ2n) is 10.5. The van der Waals surface area contributed by atoms with Crippen LogP contribution >= 0.6 is 0 Å². The second kappa shape index (κ2) is 13.5. The number of hydrogen-bond donors (Lipinski definition) is 2. The molecule has 0 aliphatic heterocycles. The number of benzene rings is 4. The van der Waals surface area contributed by atoms with Gasteiger partial charge in [-0.25, -0.2) is 0 Å². The Morgan fingerprint density at radius 1 is 0.325 bits per heavy atom. The molecule has 0 aromatic heterocycles. The maximum atomic E-state index is 8.30. The molecule has 0 heterocycles. The predicted molar refractivity (Wildman–Crippen MR) is 175 cm³/mol. The zero-order chi connectivity index (χ0) is 29.4. The Morgan fingerprint density at radius 2 is 0.475 bits per heavy atom. The quantitative estimate of drug-likeness (QED) is 0.254. The normalized spacial score (nSPS) is 10.2. The van der Waals surface area contributed by atoms with Gasteiger partial charge in [-0.1, -0.05) is 48.5 Å². The molecule has 6 nitrogen and oxygen atoms in total. The van der Waals surface area contributed by atoms with Gasteiger partial charge in [-0.05, 0) is 48.5 Å². The first kappa shape index (κ1) is 30.0. The lowest BCUT2D eigenvalue weighted by atomic mass is 10.0. The van der Waals surface area contributed by atoms with Crippen LogP contribution in [0.15, 0.2) is 97.1 Å². The molecule has 208 valence electrons. The van der Waals surface area contributed by atoms with Crippen molar-refractivity contribution < 1.29 is 0 Å². The summed E-state index contributed by atoms with van der Waals surface area (Å²) in [6.45, 7) is 0. The Balaban J connectivity index is 0.000000220. The van der Waals surface area contributed by atoms with E-state index in [1.54, 1.807) is 0 Å². The smallest absolute Gasteiger partial charge is 0.0684 e. The lowest BCUT2D eigenvalue weighted by molar-refractivity contribution is 1.13. The average Bonchev–Trinajstić information content (AvgIpc) is 2.97. The molecule has 4 aromatic rings. The molecule has 40 heavy (non-hydrogen) atoms. The van der Waals surface area contributed by atoms with Crippen molar-refractivity contribution in [1.82, 2.24) is 0 Å². The van der Waals surface area contributed by atoms with Gasteiger partial charge in [-0.3, -0.25) is 10.8 Å². The number of anilines is 4. The number of hydrogen-bond acceptors (Lipinski definition) is 6. The number of rotatable bonds is 8. The van der Waals surface area contributed by atoms with Crippen molar-refractivity contribution in [3.05, 3.63) is 119 Å². The van der Waals surface area contributed by atoms with Crippen LogP contribution < -0.4 is 19.6 Å². The van der Waals surface area contributed by atoms with Crippen LogP contribution in [0, 0.1) is 10.8 Å². The molecule has 2 N–H and O–H groups in total. The Bertz CT molecular complexity index is 1170. The molecular formula is C34H42N6. The van der Waals surface area contributed by atoms with E-state index in [-0.39, 0.29) is 0 Å². The van der Waals surface area contributed by atoms with Gasteiger partial charge in [0.1, 0.15) is 0 Å². The van der Waals surface area contributed by atoms with Crippen LogP contribution in [0.2, 0.25) is 0 Å². The Hall–Kier alpha value is -4.58. The minimum Gasteiger partial charge on any atom is -0.378 e. The third-order valence-electron chi connectivity index (χ3n) is 6.69. The maximum Gasteiger partial charge on any atom is 0.0684 e. The zero-order valence-corrected chi connectivity index (χ0v) is 25.0. The van der Waals surface area contributed by atoms with E-state index < -0.39 is 0 Å². The fraction of sp³-hybridized carbons (Fsp3) is 0.235. The molecule has 6 heteroatoms. The van der Waals surface area contributed by atoms with Crippen molar-refractivity contribution in [2.24, 2.45) is 0 Å². The van der Waals surface area contributed by atoms with Crippen LogP contribution in [0.3, 0.4) is 0 Å². The maximum absolute atomic E-state index is 8.30. The molecule has 0 saturated carbocycles. The molecule has 0 aliphatic rings. The van der Waals surface area contributed by atoms with Crippen molar-refractivity contribution in [2.45, 2.75) is 0 Å². The third-order valence-corrected chi connectivity index (χ3v) is 6.69. The first-order valence-corrected chi connectivity index (χ1v) is 13.3. The van der Waals surface area contributed by atoms with Gasteiger partial charge >= 0.3 is 0 Å². The molecule has 4 rings (SSSR count). The van der Waals surface area contributed by atoms with Gasteiger partial charge in [0.05, 0.1) is 11.4 Å². The monoisotopic (exact) mass is 534 g/mol. The standard InChI is InChI=1S/2C17H21N3/c2*1-19(2)15-9-5-13(6-10-15)17(18)14-7-11-16(12-8-14)20(3)4/h2*5-12,18H,1-4H3. The van der Waals surface area contributed by atoms with Crippen LogP contribution in [0.25, 0.3) is 0 Å². The summed E-state index contributed by atoms with van der Waals surface area (Å²) in [7, 11) is 16.1. The largest absolute Gasteiger partial charge is 0.378 e. The van der Waals surface area contributed by atoms with E-state index in [1.165, 1.54) is 0 Å². The van der Waals surface area contributed by atoms with Gasteiger partial charge in [0.25, 0.3) is 0 Å². The van der Waals surface area contributed by atoms with Gasteiger partial charge in [0.15, 0.2) is 0 Å². The Morgan fingerprint density at radius 3 is 0.600 bits per heavy atom. The van der Waals surface area contributed by atoms with Crippen molar-refractivity contribution >= 4 is 34.2 Å². The highest BCUT2D eigenvalue weighted by Gasteiger charge is 2.07. The molecule has 0 atom stereocenters. The topological polar surface area (TPSA) is 60.7 Å². The summed E-state index contributed by atoms with van der Waals surface area (Å²) >= 11 is 0. The van der Waals surface area contributed by atoms with Crippen molar-refractivity contribution in [3.8, 4) is 0 Å². The zero-order valence-electron chi connectivity index (χ0n) is 25.0. The summed E-state index contributed by atoms with van der Waals surface area (Å²) in [5.41, 5.74) is 9.44. The Kier molecular flexibility index (Phi) is 10.1. The fourth-order valence-corrected chi connectivity index (χ4v) is 4.04. The van der Waals surface area contributed by atoms with Gasteiger partial charge in [-0.15, -0.1) is 0 Å². The summed E-state index contributed by atoms with van der Waals surface area (Å²) in [5, 5.41) is 16.6. The van der Waals surface area contributed by atoms with Crippen molar-refractivity contribution in [3.63, 3.8) is 0 Å². The molecule has 0 aliphatic carbocycles. The third kappa shape index (κ3) is 7.73. The van der Waals surface area contributed by atoms with Crippen LogP contribution in [-0.2, 0) is 0 Å². The van der Waals surface area contributed by atoms with E-state index in [0.29, 0.717) is 11.4 Å². The molecule has 0 spiro atoms. The van der Waals surface area contributed by atoms with Crippen LogP contribution in [0.1, 0.15) is 22.3 Å². The molecule has 4 aromatic carbocycles. The summed E-state index contributed by atoms with van der Waals surface area (Å²) in [6, 6.07) is 32.3. The predicted octanol–water partition coefficient (Wildman–Crippen LogP) is 6.47. The lowest BCUT2D eigenvalue weighted by Gasteiger charge is -2.14. The van der Waals surface area contributed by atoms with E-state index in [9.17, 15) is 0 Å². The van der Waals surface area contributed by atoms with Gasteiger partial charge in [-0.2, -0.15) is 0 Å². The SMILES string of the molecule is CN(C)c1ccc(C(=N)c2ccc(N(C)C)cc2)cc1.CN(C)c1ccc(C(=N)c2ccc(N(C)C)cc2)cc1. The highest BCUT2D eigenvalue weighted by atomic mass is 15.1. The summed E-state index contributed by atoms with van der Waals surface area (Å²) in [5.74, 6) is 0. The van der Waals surface area contributed by atoms with E-state index >= 15 is 0 Å². The van der Waals surface area contributed by atoms with Crippen LogP contribution in [0.4, 0.5) is 22.7 Å². The first-order chi connectivity index (χ1) is 19.0. The minimum absolute atomic E-state index is 0.556. The molecule has 0 bridgehead atoms. The minimum atomic E-state index is 0.556. The second-order valence-corrected chi connectivity index (χ2v) is 10.5. The number of nitrogens with one attached hydrogen (secondary N) is 2. The van der Waals surface area contributed by atoms with E-state index in [4.69, 9.17) is 10.8 Å². The molecule has 0 amide bonds. The molecule has 0 unspecified atom stereocenters. The van der Waals surface area contributed by atoms with Gasteiger partial charge < -0.3 is 19.6 Å². The van der Waals surface area contributed by atoms with Crippen LogP contribution in [-0.4, -0.2) is 67.8 Å². The molecular weight excluding hydrogens is 492 g/mol. The van der Waals surface area contributed by atoms with E-state index in [2.05, 4.69) is 19.6 Å². The first-order valence-electron chi connectivity index (χ1n) is 13.3. The fourth-order valence-electron chi connectivity index (χ4n) is 4.04. The van der Waals surface area contributed by atoms with Crippen LogP contribution in [0.5, 0.6) is 0 Å². The number of nitrogens with zero attached hydrogens (tertiary/aromatic N) is 4. The molecule has 0 saturated heterocycles. The lowest BCUT2D eigenvalue weighted by Crippen LogP contribution is -2.10. The van der Waals surface area contributed by atoms with Gasteiger partial charge in [0, 0.05) is 101 Å². The van der Waals surface area contributed by atoms with Gasteiger partial charge in [0.2, 0.25) is 0 Å². The highest BCUT2D eigenvalue weighted by molar-refractivity contribution is 6.11. The van der Waals surface area contributed by atoms with E-state index in [1.807, 2.05) is 153 Å². The summed E-state index contributed by atoms with van der Waals surface area (Å²) in [6.07, 6.45) is 0.